The van der Waals surface area contributed by atoms with Gasteiger partial charge in [-0.2, -0.15) is 0 Å². The van der Waals surface area contributed by atoms with E-state index in [1.807, 2.05) is 30.3 Å². The van der Waals surface area contributed by atoms with E-state index in [-0.39, 0.29) is 0 Å². The molecule has 2 aromatic rings. The van der Waals surface area contributed by atoms with Crippen molar-refractivity contribution in [2.45, 2.75) is 24.5 Å². The molecule has 1 aromatic heterocycles. The van der Waals surface area contributed by atoms with E-state index in [2.05, 4.69) is 15.1 Å². The molecule has 3 rings (SSSR count). The zero-order valence-electron chi connectivity index (χ0n) is 11.5. The van der Waals surface area contributed by atoms with Gasteiger partial charge in [-0.05, 0) is 38.1 Å². The van der Waals surface area contributed by atoms with E-state index in [1.165, 1.54) is 32.4 Å². The van der Waals surface area contributed by atoms with Gasteiger partial charge in [-0.25, -0.2) is 0 Å². The Kier molecular flexibility index (Phi) is 4.71. The highest BCUT2D eigenvalue weighted by Crippen LogP contribution is 2.23. The first-order valence-electron chi connectivity index (χ1n) is 7.16. The first-order chi connectivity index (χ1) is 9.92. The molecular weight excluding hydrogens is 270 g/mol. The molecule has 20 heavy (non-hydrogen) atoms. The maximum Gasteiger partial charge on any atom is 0.276 e. The highest BCUT2D eigenvalue weighted by Gasteiger charge is 2.12. The van der Waals surface area contributed by atoms with E-state index in [9.17, 15) is 0 Å². The zero-order valence-corrected chi connectivity index (χ0v) is 12.3. The van der Waals surface area contributed by atoms with Crippen molar-refractivity contribution in [3.8, 4) is 11.5 Å². The molecule has 1 saturated heterocycles. The van der Waals surface area contributed by atoms with Crippen molar-refractivity contribution in [3.63, 3.8) is 0 Å². The largest absolute Gasteiger partial charge is 0.411 e. The van der Waals surface area contributed by atoms with E-state index < -0.39 is 0 Å². The number of nitrogens with zero attached hydrogens (tertiary/aromatic N) is 3. The van der Waals surface area contributed by atoms with Crippen molar-refractivity contribution >= 4 is 11.8 Å². The van der Waals surface area contributed by atoms with Gasteiger partial charge in [0.1, 0.15) is 0 Å². The van der Waals surface area contributed by atoms with E-state index >= 15 is 0 Å². The minimum atomic E-state index is 0.603. The number of benzene rings is 1. The van der Waals surface area contributed by atoms with Gasteiger partial charge in [0.15, 0.2) is 0 Å². The van der Waals surface area contributed by atoms with Crippen LogP contribution in [-0.4, -0.2) is 40.5 Å². The third-order valence-electron chi connectivity index (χ3n) is 3.51. The molecule has 106 valence electrons. The molecule has 1 aromatic carbocycles. The molecule has 1 aliphatic rings. The monoisotopic (exact) mass is 289 g/mol. The quantitative estimate of drug-likeness (QED) is 0.790. The zero-order chi connectivity index (χ0) is 13.6. The third-order valence-corrected chi connectivity index (χ3v) is 4.31. The van der Waals surface area contributed by atoms with Crippen LogP contribution in [0.15, 0.2) is 40.0 Å². The second-order valence-corrected chi connectivity index (χ2v) is 6.04. The fourth-order valence-corrected chi connectivity index (χ4v) is 3.17. The van der Waals surface area contributed by atoms with Gasteiger partial charge in [0, 0.05) is 17.9 Å². The maximum absolute atomic E-state index is 5.68. The first kappa shape index (κ1) is 13.6. The van der Waals surface area contributed by atoms with Gasteiger partial charge in [0.25, 0.3) is 5.22 Å². The Morgan fingerprint density at radius 2 is 1.85 bits per heavy atom. The van der Waals surface area contributed by atoms with E-state index in [0.717, 1.165) is 17.9 Å². The lowest BCUT2D eigenvalue weighted by molar-refractivity contribution is 0.242. The lowest BCUT2D eigenvalue weighted by Crippen LogP contribution is -2.31. The number of hydrogen-bond acceptors (Lipinski definition) is 5. The predicted molar refractivity (Wildman–Crippen MR) is 80.7 cm³/mol. The highest BCUT2D eigenvalue weighted by atomic mass is 32.2. The Morgan fingerprint density at radius 3 is 2.65 bits per heavy atom. The molecule has 0 atom stereocenters. The fraction of sp³-hybridized carbons (Fsp3) is 0.467. The van der Waals surface area contributed by atoms with Crippen LogP contribution in [0.2, 0.25) is 0 Å². The van der Waals surface area contributed by atoms with Crippen LogP contribution in [0.1, 0.15) is 19.3 Å². The Labute approximate surface area is 123 Å². The van der Waals surface area contributed by atoms with Crippen LogP contribution >= 0.6 is 11.8 Å². The summed E-state index contributed by atoms with van der Waals surface area (Å²) in [6, 6.07) is 9.89. The lowest BCUT2D eigenvalue weighted by Gasteiger charge is -2.25. The summed E-state index contributed by atoms with van der Waals surface area (Å²) in [6.45, 7) is 3.58. The molecule has 0 amide bonds. The fourth-order valence-electron chi connectivity index (χ4n) is 2.41. The standard InChI is InChI=1S/C15H19N3OS/c1-3-7-13(8-4-1)14-16-17-15(19-14)20-12-11-18-9-5-2-6-10-18/h1,3-4,7-8H,2,5-6,9-12H2. The van der Waals surface area contributed by atoms with Crippen molar-refractivity contribution in [1.82, 2.24) is 15.1 Å². The van der Waals surface area contributed by atoms with Crippen molar-refractivity contribution < 1.29 is 4.42 Å². The average molecular weight is 289 g/mol. The summed E-state index contributed by atoms with van der Waals surface area (Å²) in [7, 11) is 0. The van der Waals surface area contributed by atoms with Crippen LogP contribution in [0, 0.1) is 0 Å². The van der Waals surface area contributed by atoms with Gasteiger partial charge in [0.05, 0.1) is 0 Å². The average Bonchev–Trinajstić information content (AvgIpc) is 2.98. The van der Waals surface area contributed by atoms with Crippen molar-refractivity contribution in [3.05, 3.63) is 30.3 Å². The highest BCUT2D eigenvalue weighted by molar-refractivity contribution is 7.99. The summed E-state index contributed by atoms with van der Waals surface area (Å²) < 4.78 is 5.68. The number of hydrogen-bond donors (Lipinski definition) is 0. The molecule has 4 nitrogen and oxygen atoms in total. The first-order valence-corrected chi connectivity index (χ1v) is 8.14. The summed E-state index contributed by atoms with van der Waals surface area (Å²) in [5, 5.41) is 8.87. The van der Waals surface area contributed by atoms with E-state index in [0.29, 0.717) is 11.1 Å². The number of likely N-dealkylation sites (tertiary alicyclic amines) is 1. The second kappa shape index (κ2) is 6.90. The molecule has 0 aliphatic carbocycles. The van der Waals surface area contributed by atoms with Gasteiger partial charge in [-0.3, -0.25) is 0 Å². The van der Waals surface area contributed by atoms with E-state index in [4.69, 9.17) is 4.42 Å². The second-order valence-electron chi connectivity index (χ2n) is 4.99. The third kappa shape index (κ3) is 3.61. The van der Waals surface area contributed by atoms with Crippen LogP contribution < -0.4 is 0 Å². The SMILES string of the molecule is c1ccc(-c2nnc(SCCN3CCCCC3)o2)cc1. The minimum absolute atomic E-state index is 0.603. The summed E-state index contributed by atoms with van der Waals surface area (Å²) in [6.07, 6.45) is 4.06. The number of piperidine rings is 1. The van der Waals surface area contributed by atoms with Crippen molar-refractivity contribution in [1.29, 1.82) is 0 Å². The van der Waals surface area contributed by atoms with Crippen LogP contribution in [0.3, 0.4) is 0 Å². The van der Waals surface area contributed by atoms with Crippen LogP contribution in [0.5, 0.6) is 0 Å². The predicted octanol–water partition coefficient (Wildman–Crippen LogP) is 3.31. The van der Waals surface area contributed by atoms with Gasteiger partial charge in [-0.15, -0.1) is 10.2 Å². The Bertz CT molecular complexity index is 523. The van der Waals surface area contributed by atoms with Gasteiger partial charge < -0.3 is 9.32 Å². The van der Waals surface area contributed by atoms with Gasteiger partial charge in [0.2, 0.25) is 5.89 Å². The summed E-state index contributed by atoms with van der Waals surface area (Å²) in [5.41, 5.74) is 0.975. The Balaban J connectivity index is 1.50. The smallest absolute Gasteiger partial charge is 0.276 e. The topological polar surface area (TPSA) is 42.2 Å². The van der Waals surface area contributed by atoms with Crippen LogP contribution in [0.4, 0.5) is 0 Å². The summed E-state index contributed by atoms with van der Waals surface area (Å²) >= 11 is 1.65. The number of rotatable bonds is 5. The molecule has 0 N–H and O–H groups in total. The molecule has 0 radical (unpaired) electrons. The van der Waals surface area contributed by atoms with Crippen LogP contribution in [-0.2, 0) is 0 Å². The molecule has 0 saturated carbocycles. The lowest BCUT2D eigenvalue weighted by atomic mass is 10.1. The number of thioether (sulfide) groups is 1. The van der Waals surface area contributed by atoms with Gasteiger partial charge >= 0.3 is 0 Å². The van der Waals surface area contributed by atoms with Gasteiger partial charge in [-0.1, -0.05) is 36.4 Å². The van der Waals surface area contributed by atoms with Crippen LogP contribution in [0.25, 0.3) is 11.5 Å². The Hall–Kier alpha value is -1.33. The molecule has 0 spiro atoms. The summed E-state index contributed by atoms with van der Waals surface area (Å²) in [4.78, 5) is 2.52. The molecule has 1 fully saturated rings. The van der Waals surface area contributed by atoms with E-state index in [1.54, 1.807) is 11.8 Å². The molecule has 0 unspecified atom stereocenters. The normalized spacial score (nSPS) is 16.4. The molecule has 1 aliphatic heterocycles. The minimum Gasteiger partial charge on any atom is -0.411 e. The molecule has 2 heterocycles. The summed E-state index contributed by atoms with van der Waals surface area (Å²) in [5.74, 6) is 1.61. The Morgan fingerprint density at radius 1 is 1.05 bits per heavy atom. The maximum atomic E-state index is 5.68. The van der Waals surface area contributed by atoms with Crippen molar-refractivity contribution in [2.24, 2.45) is 0 Å². The molecule has 5 heteroatoms. The molecular formula is C15H19N3OS. The molecule has 0 bridgehead atoms. The number of aromatic nitrogens is 2. The van der Waals surface area contributed by atoms with Crippen molar-refractivity contribution in [2.75, 3.05) is 25.4 Å².